The summed E-state index contributed by atoms with van der Waals surface area (Å²) in [5, 5.41) is 22.7. The smallest absolute Gasteiger partial charge is 0.269 e. The van der Waals surface area contributed by atoms with Crippen LogP contribution in [0.1, 0.15) is 18.1 Å². The highest BCUT2D eigenvalue weighted by Gasteiger charge is 2.15. The lowest BCUT2D eigenvalue weighted by molar-refractivity contribution is -0.384. The number of nitro groups is 1. The number of hydrogen-bond donors (Lipinski definition) is 1. The van der Waals surface area contributed by atoms with E-state index in [2.05, 4.69) is 21.2 Å². The predicted molar refractivity (Wildman–Crippen MR) is 131 cm³/mol. The molecule has 3 aromatic rings. The molecule has 0 saturated carbocycles. The van der Waals surface area contributed by atoms with E-state index in [1.54, 1.807) is 37.3 Å². The number of rotatable bonds is 9. The number of hydrogen-bond acceptors (Lipinski definition) is 6. The lowest BCUT2D eigenvalue weighted by Crippen LogP contribution is -2.14. The minimum Gasteiger partial charge on any atom is -0.490 e. The second-order valence-corrected chi connectivity index (χ2v) is 7.92. The Morgan fingerprint density at radius 3 is 2.49 bits per heavy atom. The van der Waals surface area contributed by atoms with E-state index in [4.69, 9.17) is 9.47 Å². The van der Waals surface area contributed by atoms with Gasteiger partial charge in [-0.15, -0.1) is 0 Å². The van der Waals surface area contributed by atoms with Crippen molar-refractivity contribution in [2.24, 2.45) is 0 Å². The van der Waals surface area contributed by atoms with Crippen molar-refractivity contribution >= 4 is 39.3 Å². The number of benzene rings is 3. The molecule has 0 aliphatic carbocycles. The molecule has 0 fully saturated rings. The third-order valence-electron chi connectivity index (χ3n) is 4.69. The summed E-state index contributed by atoms with van der Waals surface area (Å²) in [6, 6.07) is 16.7. The van der Waals surface area contributed by atoms with Gasteiger partial charge in [-0.05, 0) is 60.5 Å². The van der Waals surface area contributed by atoms with Crippen LogP contribution in [0.4, 0.5) is 15.8 Å². The van der Waals surface area contributed by atoms with Crippen LogP contribution >= 0.6 is 15.9 Å². The molecule has 0 spiro atoms. The summed E-state index contributed by atoms with van der Waals surface area (Å²) in [7, 11) is 0. The second-order valence-electron chi connectivity index (χ2n) is 7.07. The largest absolute Gasteiger partial charge is 0.490 e. The molecule has 8 nitrogen and oxygen atoms in total. The van der Waals surface area contributed by atoms with E-state index < -0.39 is 16.6 Å². The van der Waals surface area contributed by atoms with Crippen LogP contribution in [-0.2, 0) is 11.4 Å². The fourth-order valence-corrected chi connectivity index (χ4v) is 3.41. The number of halogens is 2. The van der Waals surface area contributed by atoms with E-state index >= 15 is 0 Å². The summed E-state index contributed by atoms with van der Waals surface area (Å²) in [6.45, 7) is 2.26. The van der Waals surface area contributed by atoms with Crippen LogP contribution in [0.15, 0.2) is 70.7 Å². The van der Waals surface area contributed by atoms with E-state index in [1.807, 2.05) is 6.07 Å². The maximum absolute atomic E-state index is 13.9. The molecule has 0 radical (unpaired) electrons. The summed E-state index contributed by atoms with van der Waals surface area (Å²) >= 11 is 3.41. The van der Waals surface area contributed by atoms with Gasteiger partial charge in [-0.1, -0.05) is 28.1 Å². The van der Waals surface area contributed by atoms with E-state index in [0.717, 1.165) is 5.56 Å². The zero-order valence-electron chi connectivity index (χ0n) is 18.5. The van der Waals surface area contributed by atoms with Gasteiger partial charge in [0, 0.05) is 16.6 Å². The number of anilines is 1. The van der Waals surface area contributed by atoms with Crippen LogP contribution < -0.4 is 14.8 Å². The molecular formula is C25H19BrFN3O5. The lowest BCUT2D eigenvalue weighted by Gasteiger charge is -2.14. The molecule has 3 aromatic carbocycles. The van der Waals surface area contributed by atoms with Crippen LogP contribution in [0, 0.1) is 27.3 Å². The first kappa shape index (κ1) is 25.4. The first-order valence-electron chi connectivity index (χ1n) is 10.3. The Balaban J connectivity index is 1.83. The summed E-state index contributed by atoms with van der Waals surface area (Å²) in [4.78, 5) is 22.9. The molecule has 0 saturated heterocycles. The molecule has 0 atom stereocenters. The van der Waals surface area contributed by atoms with E-state index in [9.17, 15) is 24.6 Å². The lowest BCUT2D eigenvalue weighted by atomic mass is 10.1. The Labute approximate surface area is 208 Å². The quantitative estimate of drug-likeness (QED) is 0.154. The number of non-ortho nitro benzene ring substituents is 1. The fourth-order valence-electron chi connectivity index (χ4n) is 2.97. The average Bonchev–Trinajstić information content (AvgIpc) is 2.84. The third-order valence-corrected chi connectivity index (χ3v) is 5.38. The molecule has 0 heterocycles. The highest BCUT2D eigenvalue weighted by Crippen LogP contribution is 2.35. The van der Waals surface area contributed by atoms with Crippen molar-refractivity contribution in [3.05, 3.63) is 97.8 Å². The highest BCUT2D eigenvalue weighted by atomic mass is 79.9. The Kier molecular flexibility index (Phi) is 8.53. The van der Waals surface area contributed by atoms with Crippen molar-refractivity contribution in [1.29, 1.82) is 5.26 Å². The van der Waals surface area contributed by atoms with Gasteiger partial charge in [-0.3, -0.25) is 14.9 Å². The summed E-state index contributed by atoms with van der Waals surface area (Å²) < 4.78 is 25.9. The van der Waals surface area contributed by atoms with Gasteiger partial charge in [0.05, 0.1) is 17.2 Å². The van der Waals surface area contributed by atoms with E-state index in [1.165, 1.54) is 36.4 Å². The first-order chi connectivity index (χ1) is 16.8. The van der Waals surface area contributed by atoms with Gasteiger partial charge in [-0.2, -0.15) is 5.26 Å². The zero-order valence-corrected chi connectivity index (χ0v) is 20.0. The van der Waals surface area contributed by atoms with Crippen molar-refractivity contribution in [2.75, 3.05) is 11.9 Å². The maximum Gasteiger partial charge on any atom is 0.269 e. The predicted octanol–water partition coefficient (Wildman–Crippen LogP) is 6.02. The van der Waals surface area contributed by atoms with Gasteiger partial charge >= 0.3 is 0 Å². The number of amides is 1. The zero-order chi connectivity index (χ0) is 25.4. The minimum absolute atomic E-state index is 0.0185. The van der Waals surface area contributed by atoms with Gasteiger partial charge in [0.15, 0.2) is 11.5 Å². The third kappa shape index (κ3) is 6.65. The molecule has 35 heavy (non-hydrogen) atoms. The average molecular weight is 540 g/mol. The standard InChI is InChI=1S/C25H19BrFN3O5/c1-2-34-23-12-17(11-18(14-28)25(31)29-22-6-4-3-5-21(22)27)20(26)13-24(23)35-15-16-7-9-19(10-8-16)30(32)33/h3-13H,2,15H2,1H3,(H,29,31)/b18-11-. The number of para-hydroxylation sites is 1. The van der Waals surface area contributed by atoms with Gasteiger partial charge in [0.2, 0.25) is 0 Å². The van der Waals surface area contributed by atoms with Crippen LogP contribution in [0.2, 0.25) is 0 Å². The first-order valence-corrected chi connectivity index (χ1v) is 11.1. The summed E-state index contributed by atoms with van der Waals surface area (Å²) in [6.07, 6.45) is 1.35. The van der Waals surface area contributed by atoms with Gasteiger partial charge in [0.1, 0.15) is 24.1 Å². The number of nitro benzene ring substituents is 1. The number of ether oxygens (including phenoxy) is 2. The van der Waals surface area contributed by atoms with Crippen molar-refractivity contribution in [3.8, 4) is 17.6 Å². The molecule has 178 valence electrons. The maximum atomic E-state index is 13.9. The molecule has 0 aliphatic rings. The summed E-state index contributed by atoms with van der Waals surface area (Å²) in [5.74, 6) is -0.618. The van der Waals surface area contributed by atoms with Crippen molar-refractivity contribution in [2.45, 2.75) is 13.5 Å². The van der Waals surface area contributed by atoms with E-state index in [-0.39, 0.29) is 23.6 Å². The number of nitrogens with zero attached hydrogens (tertiary/aromatic N) is 2. The molecule has 10 heteroatoms. The number of nitrogens with one attached hydrogen (secondary N) is 1. The van der Waals surface area contributed by atoms with Gasteiger partial charge < -0.3 is 14.8 Å². The molecule has 0 unspecified atom stereocenters. The fraction of sp³-hybridized carbons (Fsp3) is 0.120. The molecule has 0 aliphatic heterocycles. The Bertz CT molecular complexity index is 1320. The Morgan fingerprint density at radius 2 is 1.86 bits per heavy atom. The number of carbonyl (C=O) groups excluding carboxylic acids is 1. The molecule has 0 bridgehead atoms. The van der Waals surface area contributed by atoms with Crippen LogP contribution in [-0.4, -0.2) is 17.4 Å². The monoisotopic (exact) mass is 539 g/mol. The van der Waals surface area contributed by atoms with Gasteiger partial charge in [0.25, 0.3) is 11.6 Å². The minimum atomic E-state index is -0.763. The van der Waals surface area contributed by atoms with Crippen LogP contribution in [0.25, 0.3) is 6.08 Å². The van der Waals surface area contributed by atoms with Crippen LogP contribution in [0.3, 0.4) is 0 Å². The Hall–Kier alpha value is -4.23. The second kappa shape index (κ2) is 11.8. The van der Waals surface area contributed by atoms with Gasteiger partial charge in [-0.25, -0.2) is 4.39 Å². The number of carbonyl (C=O) groups is 1. The Morgan fingerprint density at radius 1 is 1.17 bits per heavy atom. The molecule has 3 rings (SSSR count). The molecule has 0 aromatic heterocycles. The highest BCUT2D eigenvalue weighted by molar-refractivity contribution is 9.10. The topological polar surface area (TPSA) is 114 Å². The van der Waals surface area contributed by atoms with E-state index in [0.29, 0.717) is 28.1 Å². The van der Waals surface area contributed by atoms with Crippen molar-refractivity contribution in [1.82, 2.24) is 0 Å². The van der Waals surface area contributed by atoms with Crippen molar-refractivity contribution in [3.63, 3.8) is 0 Å². The normalized spacial score (nSPS) is 10.9. The SMILES string of the molecule is CCOc1cc(/C=C(/C#N)C(=O)Nc2ccccc2F)c(Br)cc1OCc1ccc([N+](=O)[O-])cc1. The molecule has 1 amide bonds. The van der Waals surface area contributed by atoms with Crippen LogP contribution in [0.5, 0.6) is 11.5 Å². The molecule has 1 N–H and O–H groups in total. The number of nitriles is 1. The summed E-state index contributed by atoms with van der Waals surface area (Å²) in [5.41, 5.74) is 0.889. The van der Waals surface area contributed by atoms with Crippen molar-refractivity contribution < 1.29 is 23.6 Å². The molecular weight excluding hydrogens is 521 g/mol.